The number of nitrogens with one attached hydrogen (secondary N) is 1. The van der Waals surface area contributed by atoms with E-state index >= 15 is 0 Å². The third kappa shape index (κ3) is 6.60. The van der Waals surface area contributed by atoms with E-state index in [9.17, 15) is 9.90 Å². The number of phenolic OH excluding ortho intramolecular Hbond substituents is 1. The summed E-state index contributed by atoms with van der Waals surface area (Å²) in [4.78, 5) is 11.8. The maximum absolute atomic E-state index is 11.8. The quantitative estimate of drug-likeness (QED) is 0.628. The van der Waals surface area contributed by atoms with Crippen LogP contribution in [0.15, 0.2) is 24.3 Å². The van der Waals surface area contributed by atoms with Gasteiger partial charge in [-0.3, -0.25) is 4.79 Å². The minimum absolute atomic E-state index is 0.0425. The van der Waals surface area contributed by atoms with Crippen LogP contribution in [0.1, 0.15) is 68.6 Å². The minimum Gasteiger partial charge on any atom is -0.507 e. The maximum atomic E-state index is 11.8. The molecule has 112 valence electrons. The molecule has 0 fully saturated rings. The zero-order chi connectivity index (χ0) is 14.6. The lowest BCUT2D eigenvalue weighted by Gasteiger charge is -2.06. The molecule has 0 aliphatic rings. The lowest BCUT2D eigenvalue weighted by atomic mass is 10.1. The molecule has 1 aromatic rings. The summed E-state index contributed by atoms with van der Waals surface area (Å²) in [5.41, 5.74) is 0.354. The van der Waals surface area contributed by atoms with Crippen molar-refractivity contribution in [1.29, 1.82) is 0 Å². The molecule has 0 radical (unpaired) electrons. The highest BCUT2D eigenvalue weighted by molar-refractivity contribution is 5.96. The van der Waals surface area contributed by atoms with E-state index in [-0.39, 0.29) is 11.7 Å². The van der Waals surface area contributed by atoms with Gasteiger partial charge < -0.3 is 10.4 Å². The van der Waals surface area contributed by atoms with Crippen molar-refractivity contribution >= 4 is 5.91 Å². The summed E-state index contributed by atoms with van der Waals surface area (Å²) in [6, 6.07) is 6.64. The summed E-state index contributed by atoms with van der Waals surface area (Å²) in [5.74, 6) is -0.146. The van der Waals surface area contributed by atoms with E-state index in [4.69, 9.17) is 0 Å². The number of carbonyl (C=O) groups is 1. The third-order valence-electron chi connectivity index (χ3n) is 3.46. The number of para-hydroxylation sites is 1. The van der Waals surface area contributed by atoms with Crippen molar-refractivity contribution in [2.24, 2.45) is 0 Å². The summed E-state index contributed by atoms with van der Waals surface area (Å²) < 4.78 is 0. The molecule has 1 rings (SSSR count). The first kappa shape index (κ1) is 16.5. The van der Waals surface area contributed by atoms with Crippen molar-refractivity contribution in [3.05, 3.63) is 29.8 Å². The zero-order valence-corrected chi connectivity index (χ0v) is 12.5. The Morgan fingerprint density at radius 1 is 1.00 bits per heavy atom. The Kier molecular flexibility index (Phi) is 8.52. The molecule has 20 heavy (non-hydrogen) atoms. The molecule has 0 aliphatic heterocycles. The first-order chi connectivity index (χ1) is 9.75. The van der Waals surface area contributed by atoms with Crippen molar-refractivity contribution < 1.29 is 9.90 Å². The van der Waals surface area contributed by atoms with Gasteiger partial charge in [-0.15, -0.1) is 0 Å². The number of hydrogen-bond acceptors (Lipinski definition) is 2. The number of aromatic hydroxyl groups is 1. The molecule has 0 aromatic heterocycles. The second-order valence-electron chi connectivity index (χ2n) is 5.25. The van der Waals surface area contributed by atoms with Gasteiger partial charge in [-0.1, -0.05) is 64.0 Å². The Bertz CT molecular complexity index is 390. The van der Waals surface area contributed by atoms with Crippen LogP contribution in [-0.4, -0.2) is 17.6 Å². The summed E-state index contributed by atoms with van der Waals surface area (Å²) in [6.45, 7) is 2.91. The predicted molar refractivity (Wildman–Crippen MR) is 83.1 cm³/mol. The summed E-state index contributed by atoms with van der Waals surface area (Å²) in [7, 11) is 0. The zero-order valence-electron chi connectivity index (χ0n) is 12.5. The number of rotatable bonds is 10. The van der Waals surface area contributed by atoms with E-state index in [0.717, 1.165) is 12.8 Å². The van der Waals surface area contributed by atoms with Gasteiger partial charge in [0.2, 0.25) is 0 Å². The number of phenols is 1. The molecule has 3 heteroatoms. The van der Waals surface area contributed by atoms with Gasteiger partial charge in [0.15, 0.2) is 0 Å². The van der Waals surface area contributed by atoms with Gasteiger partial charge >= 0.3 is 0 Å². The van der Waals surface area contributed by atoms with E-state index in [1.165, 1.54) is 44.6 Å². The first-order valence-electron chi connectivity index (χ1n) is 7.82. The van der Waals surface area contributed by atoms with Crippen molar-refractivity contribution in [1.82, 2.24) is 5.32 Å². The standard InChI is InChI=1S/C17H27NO2/c1-2-3-4-5-6-7-8-11-14-18-17(20)15-12-9-10-13-16(15)19/h9-10,12-13,19H,2-8,11,14H2,1H3,(H,18,20). The van der Waals surface area contributed by atoms with Crippen LogP contribution >= 0.6 is 0 Å². The number of amides is 1. The van der Waals surface area contributed by atoms with Gasteiger partial charge in [0, 0.05) is 6.54 Å². The van der Waals surface area contributed by atoms with Crippen LogP contribution in [0.2, 0.25) is 0 Å². The van der Waals surface area contributed by atoms with Crippen molar-refractivity contribution in [2.45, 2.75) is 58.3 Å². The molecule has 0 saturated carbocycles. The van der Waals surface area contributed by atoms with Gasteiger partial charge in [0.25, 0.3) is 5.91 Å². The van der Waals surface area contributed by atoms with Gasteiger partial charge in [-0.2, -0.15) is 0 Å². The van der Waals surface area contributed by atoms with Crippen LogP contribution in [0.3, 0.4) is 0 Å². The van der Waals surface area contributed by atoms with E-state index in [2.05, 4.69) is 12.2 Å². The van der Waals surface area contributed by atoms with Crippen molar-refractivity contribution in [3.8, 4) is 5.75 Å². The van der Waals surface area contributed by atoms with Crippen LogP contribution < -0.4 is 5.32 Å². The normalized spacial score (nSPS) is 10.4. The number of carbonyl (C=O) groups excluding carboxylic acids is 1. The fourth-order valence-corrected chi connectivity index (χ4v) is 2.22. The van der Waals surface area contributed by atoms with Gasteiger partial charge in [0.1, 0.15) is 5.75 Å². The topological polar surface area (TPSA) is 49.3 Å². The predicted octanol–water partition coefficient (Wildman–Crippen LogP) is 4.26. The van der Waals surface area contributed by atoms with Crippen LogP contribution in [0.25, 0.3) is 0 Å². The molecule has 3 nitrogen and oxygen atoms in total. The Morgan fingerprint density at radius 2 is 1.60 bits per heavy atom. The van der Waals surface area contributed by atoms with Crippen LogP contribution in [0.4, 0.5) is 0 Å². The summed E-state index contributed by atoms with van der Waals surface area (Å²) in [6.07, 6.45) is 10.0. The fraction of sp³-hybridized carbons (Fsp3) is 0.588. The van der Waals surface area contributed by atoms with E-state index in [0.29, 0.717) is 12.1 Å². The second kappa shape index (κ2) is 10.3. The van der Waals surface area contributed by atoms with E-state index < -0.39 is 0 Å². The van der Waals surface area contributed by atoms with E-state index in [1.54, 1.807) is 18.2 Å². The lowest BCUT2D eigenvalue weighted by Crippen LogP contribution is -2.24. The molecule has 0 saturated heterocycles. The molecule has 0 atom stereocenters. The van der Waals surface area contributed by atoms with Crippen molar-refractivity contribution in [3.63, 3.8) is 0 Å². The molecule has 0 unspecified atom stereocenters. The van der Waals surface area contributed by atoms with Crippen LogP contribution in [0, 0.1) is 0 Å². The summed E-state index contributed by atoms with van der Waals surface area (Å²) >= 11 is 0. The molecule has 0 aliphatic carbocycles. The molecular formula is C17H27NO2. The van der Waals surface area contributed by atoms with Crippen molar-refractivity contribution in [2.75, 3.05) is 6.54 Å². The molecule has 2 N–H and O–H groups in total. The number of benzene rings is 1. The molecule has 1 amide bonds. The van der Waals surface area contributed by atoms with Gasteiger partial charge in [-0.05, 0) is 18.6 Å². The number of hydrogen-bond donors (Lipinski definition) is 2. The van der Waals surface area contributed by atoms with E-state index in [1.807, 2.05) is 0 Å². The maximum Gasteiger partial charge on any atom is 0.255 e. The molecular weight excluding hydrogens is 250 g/mol. The molecule has 0 heterocycles. The lowest BCUT2D eigenvalue weighted by molar-refractivity contribution is 0.0950. The largest absolute Gasteiger partial charge is 0.507 e. The summed E-state index contributed by atoms with van der Waals surface area (Å²) in [5, 5.41) is 12.4. The van der Waals surface area contributed by atoms with Gasteiger partial charge in [0.05, 0.1) is 5.56 Å². The highest BCUT2D eigenvalue weighted by atomic mass is 16.3. The highest BCUT2D eigenvalue weighted by Crippen LogP contribution is 2.15. The minimum atomic E-state index is -0.189. The highest BCUT2D eigenvalue weighted by Gasteiger charge is 2.08. The Morgan fingerprint density at radius 3 is 2.25 bits per heavy atom. The first-order valence-corrected chi connectivity index (χ1v) is 7.82. The van der Waals surface area contributed by atoms with Crippen LogP contribution in [0.5, 0.6) is 5.75 Å². The molecule has 1 aromatic carbocycles. The third-order valence-corrected chi connectivity index (χ3v) is 3.46. The van der Waals surface area contributed by atoms with Crippen LogP contribution in [-0.2, 0) is 0 Å². The fourth-order valence-electron chi connectivity index (χ4n) is 2.22. The SMILES string of the molecule is CCCCCCCCCCNC(=O)c1ccccc1O. The molecule has 0 bridgehead atoms. The Balaban J connectivity index is 2.04. The smallest absolute Gasteiger partial charge is 0.255 e. The average Bonchev–Trinajstić information content (AvgIpc) is 2.46. The average molecular weight is 277 g/mol. The Labute approximate surface area is 122 Å². The number of unbranched alkanes of at least 4 members (excludes halogenated alkanes) is 7. The Hall–Kier alpha value is -1.51. The molecule has 0 spiro atoms. The van der Waals surface area contributed by atoms with Gasteiger partial charge in [-0.25, -0.2) is 0 Å². The monoisotopic (exact) mass is 277 g/mol. The second-order valence-corrected chi connectivity index (χ2v) is 5.25.